The topological polar surface area (TPSA) is 9.86 Å². The average Bonchev–Trinajstić information content (AvgIpc) is 4.20. The second-order valence-corrected chi connectivity index (χ2v) is 20.6. The molecule has 15 rings (SSSR count). The first-order valence-corrected chi connectivity index (χ1v) is 26.5. The molecule has 3 heterocycles. The van der Waals surface area contributed by atoms with Gasteiger partial charge in [0.15, 0.2) is 0 Å². The first-order valence-electron chi connectivity index (χ1n) is 25.7. The number of rotatable bonds is 8. The third kappa shape index (κ3) is 7.16. The summed E-state index contributed by atoms with van der Waals surface area (Å²) in [6.07, 6.45) is 0. The largest absolute Gasteiger partial charge is 0.309 e. The first kappa shape index (κ1) is 43.1. The predicted octanol–water partition coefficient (Wildman–Crippen LogP) is 20.3. The SMILES string of the molecule is c1ccc(-c2cccc(-c3cccc4c3c3cc(-c5ccc6c(c5)c5ccccc5n6-c5cc(-c6ccccc6)ccc5-c5ccccc5)ccc3n4-c3cccc(-c4cccc5c4sc4ccccc45)c3)c2)cc1. The van der Waals surface area contributed by atoms with Crippen LogP contribution in [0.1, 0.15) is 0 Å². The summed E-state index contributed by atoms with van der Waals surface area (Å²) in [5.74, 6) is 0. The summed E-state index contributed by atoms with van der Waals surface area (Å²) in [6, 6.07) is 103. The van der Waals surface area contributed by atoms with Gasteiger partial charge in [-0.1, -0.05) is 212 Å². The fraction of sp³-hybridized carbons (Fsp3) is 0. The standard InChI is InChI=1S/C72H46N2S/c1-4-18-47(19-5-1)50-24-14-25-54(42-50)58-30-17-34-68-71(58)64-45-52(38-41-67(64)73(68)56-27-15-26-55(43-56)59-31-16-32-62-61-29-11-13-35-70(61)75-72(59)62)51-37-40-66-63(44-51)60-28-10-12-33-65(60)74(66)69-46-53(48-20-6-2-7-21-48)36-39-57(69)49-22-8-3-9-23-49/h1-46H. The van der Waals surface area contributed by atoms with Crippen LogP contribution in [0.25, 0.3) is 142 Å². The number of para-hydroxylation sites is 1. The van der Waals surface area contributed by atoms with Crippen LogP contribution < -0.4 is 0 Å². The highest BCUT2D eigenvalue weighted by Crippen LogP contribution is 2.45. The maximum Gasteiger partial charge on any atom is 0.0547 e. The zero-order valence-electron chi connectivity index (χ0n) is 40.9. The number of hydrogen-bond donors (Lipinski definition) is 0. The van der Waals surface area contributed by atoms with Crippen molar-refractivity contribution in [1.82, 2.24) is 9.13 Å². The van der Waals surface area contributed by atoms with Crippen molar-refractivity contribution in [2.45, 2.75) is 0 Å². The quantitative estimate of drug-likeness (QED) is 0.144. The Morgan fingerprint density at radius 1 is 0.240 bits per heavy atom. The second-order valence-electron chi connectivity index (χ2n) is 19.6. The van der Waals surface area contributed by atoms with Gasteiger partial charge in [0.05, 0.1) is 27.8 Å². The van der Waals surface area contributed by atoms with Gasteiger partial charge in [0.2, 0.25) is 0 Å². The molecule has 0 saturated heterocycles. The lowest BCUT2D eigenvalue weighted by atomic mass is 9.95. The van der Waals surface area contributed by atoms with Crippen LogP contribution in [-0.4, -0.2) is 9.13 Å². The maximum atomic E-state index is 2.48. The highest BCUT2D eigenvalue weighted by molar-refractivity contribution is 7.26. The molecule has 0 aliphatic heterocycles. The van der Waals surface area contributed by atoms with Gasteiger partial charge in [-0.3, -0.25) is 0 Å². The van der Waals surface area contributed by atoms with Gasteiger partial charge in [0.25, 0.3) is 0 Å². The van der Waals surface area contributed by atoms with Gasteiger partial charge in [0, 0.05) is 53.0 Å². The number of benzene rings is 12. The summed E-state index contributed by atoms with van der Waals surface area (Å²) >= 11 is 1.88. The highest BCUT2D eigenvalue weighted by Gasteiger charge is 2.21. The Morgan fingerprint density at radius 2 is 0.747 bits per heavy atom. The molecule has 75 heavy (non-hydrogen) atoms. The van der Waals surface area contributed by atoms with Crippen LogP contribution in [0.3, 0.4) is 0 Å². The van der Waals surface area contributed by atoms with Gasteiger partial charge >= 0.3 is 0 Å². The van der Waals surface area contributed by atoms with Crippen molar-refractivity contribution in [2.24, 2.45) is 0 Å². The van der Waals surface area contributed by atoms with Crippen molar-refractivity contribution in [3.8, 4) is 78.1 Å². The van der Waals surface area contributed by atoms with Gasteiger partial charge in [-0.05, 0) is 128 Å². The van der Waals surface area contributed by atoms with E-state index in [1.165, 1.54) is 131 Å². The van der Waals surface area contributed by atoms with E-state index in [4.69, 9.17) is 0 Å². The minimum absolute atomic E-state index is 1.13. The van der Waals surface area contributed by atoms with E-state index in [1.54, 1.807) is 0 Å². The summed E-state index contributed by atoms with van der Waals surface area (Å²) in [7, 11) is 0. The van der Waals surface area contributed by atoms with Gasteiger partial charge in [0.1, 0.15) is 0 Å². The molecular weight excluding hydrogens is 925 g/mol. The van der Waals surface area contributed by atoms with E-state index in [-0.39, 0.29) is 0 Å². The van der Waals surface area contributed by atoms with Crippen molar-refractivity contribution >= 4 is 75.1 Å². The summed E-state index contributed by atoms with van der Waals surface area (Å²) in [4.78, 5) is 0. The third-order valence-electron chi connectivity index (χ3n) is 15.3. The molecule has 0 saturated carbocycles. The maximum absolute atomic E-state index is 2.48. The van der Waals surface area contributed by atoms with E-state index in [0.717, 1.165) is 11.4 Å². The molecule has 0 bridgehead atoms. The van der Waals surface area contributed by atoms with Crippen LogP contribution in [-0.2, 0) is 0 Å². The monoisotopic (exact) mass is 970 g/mol. The summed E-state index contributed by atoms with van der Waals surface area (Å²) in [5, 5.41) is 7.52. The zero-order valence-corrected chi connectivity index (χ0v) is 41.7. The lowest BCUT2D eigenvalue weighted by Gasteiger charge is -2.16. The number of nitrogens with zero attached hydrogens (tertiary/aromatic N) is 2. The van der Waals surface area contributed by atoms with E-state index < -0.39 is 0 Å². The Hall–Kier alpha value is -9.54. The Balaban J connectivity index is 0.934. The second kappa shape index (κ2) is 17.6. The average molecular weight is 971 g/mol. The molecule has 0 aliphatic carbocycles. The molecule has 3 aromatic heterocycles. The molecule has 0 amide bonds. The summed E-state index contributed by atoms with van der Waals surface area (Å²) in [6.45, 7) is 0. The van der Waals surface area contributed by atoms with Crippen LogP contribution in [0.4, 0.5) is 0 Å². The Labute approximate surface area is 438 Å². The minimum Gasteiger partial charge on any atom is -0.309 e. The molecular formula is C72H46N2S. The number of thiophene rings is 1. The smallest absolute Gasteiger partial charge is 0.0547 e. The van der Waals surface area contributed by atoms with Crippen molar-refractivity contribution < 1.29 is 0 Å². The van der Waals surface area contributed by atoms with Gasteiger partial charge in [-0.25, -0.2) is 0 Å². The van der Waals surface area contributed by atoms with Crippen molar-refractivity contribution in [3.05, 3.63) is 279 Å². The van der Waals surface area contributed by atoms with Crippen molar-refractivity contribution in [1.29, 1.82) is 0 Å². The van der Waals surface area contributed by atoms with E-state index in [0.29, 0.717) is 0 Å². The van der Waals surface area contributed by atoms with Gasteiger partial charge in [-0.15, -0.1) is 11.3 Å². The van der Waals surface area contributed by atoms with Gasteiger partial charge in [-0.2, -0.15) is 0 Å². The lowest BCUT2D eigenvalue weighted by Crippen LogP contribution is -1.98. The van der Waals surface area contributed by atoms with Crippen LogP contribution in [0, 0.1) is 0 Å². The molecule has 0 fully saturated rings. The Kier molecular flexibility index (Phi) is 10.1. The molecule has 0 unspecified atom stereocenters. The van der Waals surface area contributed by atoms with E-state index in [9.17, 15) is 0 Å². The highest BCUT2D eigenvalue weighted by atomic mass is 32.1. The molecule has 0 N–H and O–H groups in total. The molecule has 12 aromatic carbocycles. The Morgan fingerprint density at radius 3 is 1.52 bits per heavy atom. The third-order valence-corrected chi connectivity index (χ3v) is 16.5. The van der Waals surface area contributed by atoms with E-state index >= 15 is 0 Å². The summed E-state index contributed by atoms with van der Waals surface area (Å²) < 4.78 is 7.60. The molecule has 0 spiro atoms. The zero-order chi connectivity index (χ0) is 49.4. The Bertz CT molecular complexity index is 4690. The van der Waals surface area contributed by atoms with Crippen LogP contribution >= 0.6 is 11.3 Å². The van der Waals surface area contributed by atoms with Crippen LogP contribution in [0.15, 0.2) is 279 Å². The van der Waals surface area contributed by atoms with Crippen LogP contribution in [0.5, 0.6) is 0 Å². The molecule has 0 atom stereocenters. The van der Waals surface area contributed by atoms with Crippen molar-refractivity contribution in [3.63, 3.8) is 0 Å². The predicted molar refractivity (Wildman–Crippen MR) is 321 cm³/mol. The van der Waals surface area contributed by atoms with Crippen molar-refractivity contribution in [2.75, 3.05) is 0 Å². The summed E-state index contributed by atoms with van der Waals surface area (Å²) in [5.41, 5.74) is 21.4. The minimum atomic E-state index is 1.13. The number of fused-ring (bicyclic) bond motifs is 9. The molecule has 3 heteroatoms. The number of hydrogen-bond acceptors (Lipinski definition) is 1. The molecule has 0 radical (unpaired) electrons. The van der Waals surface area contributed by atoms with E-state index in [2.05, 4.69) is 288 Å². The number of aromatic nitrogens is 2. The first-order chi connectivity index (χ1) is 37.2. The molecule has 350 valence electrons. The lowest BCUT2D eigenvalue weighted by molar-refractivity contribution is 1.18. The normalized spacial score (nSPS) is 11.7. The molecule has 15 aromatic rings. The molecule has 2 nitrogen and oxygen atoms in total. The molecule has 0 aliphatic rings. The van der Waals surface area contributed by atoms with Crippen LogP contribution in [0.2, 0.25) is 0 Å². The van der Waals surface area contributed by atoms with E-state index in [1.807, 2.05) is 11.3 Å². The fourth-order valence-corrected chi connectivity index (χ4v) is 13.1. The fourth-order valence-electron chi connectivity index (χ4n) is 11.9. The van der Waals surface area contributed by atoms with Gasteiger partial charge < -0.3 is 9.13 Å².